The summed E-state index contributed by atoms with van der Waals surface area (Å²) in [5, 5.41) is 2.16. The molecule has 1 aliphatic heterocycles. The van der Waals surface area contributed by atoms with Crippen LogP contribution in [0.4, 0.5) is 0 Å². The number of likely N-dealkylation sites (N-methyl/N-ethyl adjacent to an activating group) is 1. The monoisotopic (exact) mass is 353 g/mol. The van der Waals surface area contributed by atoms with E-state index in [1.165, 1.54) is 27.7 Å². The number of hydrogen-bond acceptors (Lipinski definition) is 2. The van der Waals surface area contributed by atoms with Crippen LogP contribution in [0.3, 0.4) is 0 Å². The summed E-state index contributed by atoms with van der Waals surface area (Å²) in [6.45, 7) is 6.26. The van der Waals surface area contributed by atoms with E-state index in [0.29, 0.717) is 6.04 Å². The van der Waals surface area contributed by atoms with E-state index in [4.69, 9.17) is 11.6 Å². The Labute approximate surface area is 154 Å². The van der Waals surface area contributed by atoms with Crippen LogP contribution in [0.25, 0.3) is 10.9 Å². The van der Waals surface area contributed by atoms with E-state index in [0.717, 1.165) is 36.6 Å². The van der Waals surface area contributed by atoms with Crippen molar-refractivity contribution < 1.29 is 0 Å². The van der Waals surface area contributed by atoms with Crippen LogP contribution in [-0.4, -0.2) is 27.5 Å². The molecule has 3 heterocycles. The van der Waals surface area contributed by atoms with Crippen molar-refractivity contribution in [2.45, 2.75) is 45.8 Å². The highest BCUT2D eigenvalue weighted by atomic mass is 35.5. The number of nitrogens with zero attached hydrogens (tertiary/aromatic N) is 3. The lowest BCUT2D eigenvalue weighted by Crippen LogP contribution is -2.35. The van der Waals surface area contributed by atoms with E-state index in [9.17, 15) is 0 Å². The Morgan fingerprint density at radius 1 is 1.24 bits per heavy atom. The van der Waals surface area contributed by atoms with Crippen molar-refractivity contribution >= 4 is 22.5 Å². The summed E-state index contributed by atoms with van der Waals surface area (Å²) < 4.78 is 2.45. The van der Waals surface area contributed by atoms with Crippen LogP contribution in [0.15, 0.2) is 36.5 Å². The SMILES string of the molecule is Cc1ccc(CCn2c3c(c4cccc(Cl)c42)CN(C)C(C)C3)cn1. The van der Waals surface area contributed by atoms with Gasteiger partial charge < -0.3 is 4.57 Å². The molecule has 4 rings (SSSR count). The molecule has 2 aromatic heterocycles. The lowest BCUT2D eigenvalue weighted by atomic mass is 10.00. The maximum Gasteiger partial charge on any atom is 0.0675 e. The van der Waals surface area contributed by atoms with Gasteiger partial charge in [0, 0.05) is 48.5 Å². The predicted molar refractivity (Wildman–Crippen MR) is 104 cm³/mol. The molecular formula is C21H24ClN3. The second-order valence-electron chi connectivity index (χ2n) is 7.24. The summed E-state index contributed by atoms with van der Waals surface area (Å²) in [5.74, 6) is 0. The molecule has 0 fully saturated rings. The Kier molecular flexibility index (Phi) is 4.30. The number of aromatic nitrogens is 2. The summed E-state index contributed by atoms with van der Waals surface area (Å²) in [5.41, 5.74) is 6.42. The molecule has 1 aromatic carbocycles. The molecule has 1 aliphatic rings. The third-order valence-electron chi connectivity index (χ3n) is 5.50. The first-order valence-electron chi connectivity index (χ1n) is 8.95. The number of fused-ring (bicyclic) bond motifs is 3. The maximum atomic E-state index is 6.61. The fourth-order valence-electron chi connectivity index (χ4n) is 3.87. The van der Waals surface area contributed by atoms with Gasteiger partial charge in [0.2, 0.25) is 0 Å². The molecule has 4 heteroatoms. The fourth-order valence-corrected chi connectivity index (χ4v) is 4.15. The number of pyridine rings is 1. The first kappa shape index (κ1) is 16.6. The van der Waals surface area contributed by atoms with Crippen LogP contribution in [0.1, 0.15) is 29.4 Å². The Hall–Kier alpha value is -1.84. The van der Waals surface area contributed by atoms with Gasteiger partial charge in [-0.25, -0.2) is 0 Å². The van der Waals surface area contributed by atoms with E-state index in [1.807, 2.05) is 19.2 Å². The molecule has 0 N–H and O–H groups in total. The standard InChI is InChI=1S/C21H24ClN3/c1-14-7-8-16(12-23-14)9-10-25-20-11-15(2)24(3)13-18(20)17-5-4-6-19(22)21(17)25/h4-8,12,15H,9-11,13H2,1-3H3. The number of rotatable bonds is 3. The van der Waals surface area contributed by atoms with Crippen molar-refractivity contribution in [2.75, 3.05) is 7.05 Å². The summed E-state index contributed by atoms with van der Waals surface area (Å²) >= 11 is 6.61. The lowest BCUT2D eigenvalue weighted by molar-refractivity contribution is 0.228. The van der Waals surface area contributed by atoms with Crippen molar-refractivity contribution in [3.63, 3.8) is 0 Å². The third-order valence-corrected chi connectivity index (χ3v) is 5.81. The van der Waals surface area contributed by atoms with Crippen LogP contribution >= 0.6 is 11.6 Å². The highest BCUT2D eigenvalue weighted by Gasteiger charge is 2.27. The minimum Gasteiger partial charge on any atom is -0.343 e. The van der Waals surface area contributed by atoms with Gasteiger partial charge in [0.15, 0.2) is 0 Å². The Morgan fingerprint density at radius 2 is 2.08 bits per heavy atom. The van der Waals surface area contributed by atoms with Crippen molar-refractivity contribution in [1.82, 2.24) is 14.5 Å². The number of para-hydroxylation sites is 1. The number of hydrogen-bond donors (Lipinski definition) is 0. The van der Waals surface area contributed by atoms with Crippen molar-refractivity contribution in [2.24, 2.45) is 0 Å². The molecule has 130 valence electrons. The normalized spacial score (nSPS) is 17.8. The lowest BCUT2D eigenvalue weighted by Gasteiger charge is -2.31. The molecule has 3 nitrogen and oxygen atoms in total. The smallest absolute Gasteiger partial charge is 0.0675 e. The Morgan fingerprint density at radius 3 is 2.84 bits per heavy atom. The van der Waals surface area contributed by atoms with Gasteiger partial charge in [0.1, 0.15) is 0 Å². The highest BCUT2D eigenvalue weighted by Crippen LogP contribution is 2.36. The van der Waals surface area contributed by atoms with Crippen LogP contribution in [0, 0.1) is 6.92 Å². The molecular weight excluding hydrogens is 330 g/mol. The summed E-state index contributed by atoms with van der Waals surface area (Å²) in [4.78, 5) is 6.85. The largest absolute Gasteiger partial charge is 0.343 e. The van der Waals surface area contributed by atoms with Gasteiger partial charge in [-0.3, -0.25) is 9.88 Å². The molecule has 25 heavy (non-hydrogen) atoms. The van der Waals surface area contributed by atoms with Crippen LogP contribution < -0.4 is 0 Å². The average molecular weight is 354 g/mol. The van der Waals surface area contributed by atoms with Crippen molar-refractivity contribution in [1.29, 1.82) is 0 Å². The minimum absolute atomic E-state index is 0.551. The summed E-state index contributed by atoms with van der Waals surface area (Å²) in [6.07, 6.45) is 4.04. The fraction of sp³-hybridized carbons (Fsp3) is 0.381. The van der Waals surface area contributed by atoms with Gasteiger partial charge in [0.25, 0.3) is 0 Å². The second kappa shape index (κ2) is 6.47. The summed E-state index contributed by atoms with van der Waals surface area (Å²) in [7, 11) is 2.21. The molecule has 3 aromatic rings. The molecule has 1 atom stereocenters. The zero-order valence-corrected chi connectivity index (χ0v) is 15.8. The zero-order chi connectivity index (χ0) is 17.6. The molecule has 0 bridgehead atoms. The predicted octanol–water partition coefficient (Wildman–Crippen LogP) is 4.62. The van der Waals surface area contributed by atoms with Gasteiger partial charge >= 0.3 is 0 Å². The van der Waals surface area contributed by atoms with Gasteiger partial charge in [-0.1, -0.05) is 29.8 Å². The molecule has 0 amide bonds. The van der Waals surface area contributed by atoms with Crippen LogP contribution in [0.2, 0.25) is 5.02 Å². The zero-order valence-electron chi connectivity index (χ0n) is 15.1. The minimum atomic E-state index is 0.551. The first-order valence-corrected chi connectivity index (χ1v) is 9.32. The number of aryl methyl sites for hydroxylation is 3. The van der Waals surface area contributed by atoms with Gasteiger partial charge in [-0.2, -0.15) is 0 Å². The quantitative estimate of drug-likeness (QED) is 0.685. The Bertz CT molecular complexity index is 911. The van der Waals surface area contributed by atoms with Crippen molar-refractivity contribution in [3.05, 3.63) is 64.1 Å². The van der Waals surface area contributed by atoms with Crippen molar-refractivity contribution in [3.8, 4) is 0 Å². The first-order chi connectivity index (χ1) is 12.0. The van der Waals surface area contributed by atoms with Gasteiger partial charge in [-0.05, 0) is 50.6 Å². The van der Waals surface area contributed by atoms with Gasteiger partial charge in [0.05, 0.1) is 10.5 Å². The Balaban J connectivity index is 1.77. The molecule has 0 saturated heterocycles. The molecule has 0 aliphatic carbocycles. The second-order valence-corrected chi connectivity index (χ2v) is 7.65. The molecule has 0 radical (unpaired) electrons. The molecule has 1 unspecified atom stereocenters. The summed E-state index contributed by atoms with van der Waals surface area (Å²) in [6, 6.07) is 11.1. The van der Waals surface area contributed by atoms with E-state index in [1.54, 1.807) is 0 Å². The van der Waals surface area contributed by atoms with E-state index >= 15 is 0 Å². The average Bonchev–Trinajstić information content (AvgIpc) is 2.89. The van der Waals surface area contributed by atoms with Crippen LogP contribution in [0.5, 0.6) is 0 Å². The number of halogens is 1. The topological polar surface area (TPSA) is 21.1 Å². The van der Waals surface area contributed by atoms with E-state index in [-0.39, 0.29) is 0 Å². The number of benzene rings is 1. The third kappa shape index (κ3) is 2.96. The maximum absolute atomic E-state index is 6.61. The highest BCUT2D eigenvalue weighted by molar-refractivity contribution is 6.35. The van der Waals surface area contributed by atoms with E-state index in [2.05, 4.69) is 52.7 Å². The van der Waals surface area contributed by atoms with Gasteiger partial charge in [-0.15, -0.1) is 0 Å². The molecule has 0 spiro atoms. The van der Waals surface area contributed by atoms with E-state index < -0.39 is 0 Å². The molecule has 0 saturated carbocycles. The van der Waals surface area contributed by atoms with Crippen LogP contribution in [-0.2, 0) is 25.9 Å².